The molecule has 0 bridgehead atoms. The van der Waals surface area contributed by atoms with E-state index in [9.17, 15) is 14.4 Å². The monoisotopic (exact) mass is 1060 g/mol. The van der Waals surface area contributed by atoms with E-state index in [2.05, 4.69) is 106 Å². The lowest BCUT2D eigenvalue weighted by Crippen LogP contribution is -2.30. The molecular weight excluding hydrogens is 937 g/mol. The number of carbonyl (C=O) groups excluding carboxylic acids is 3. The van der Waals surface area contributed by atoms with Crippen LogP contribution in [0.3, 0.4) is 0 Å². The first kappa shape index (κ1) is 72.6. The molecule has 76 heavy (non-hydrogen) atoms. The summed E-state index contributed by atoms with van der Waals surface area (Å²) in [5.41, 5.74) is 0. The lowest BCUT2D eigenvalue weighted by molar-refractivity contribution is -0.167. The Morgan fingerprint density at radius 2 is 0.513 bits per heavy atom. The SMILES string of the molecule is CC/C=C\C/C=C\C/C=C\C/C=C\C/C=C\C/C=C\C/C=C\CCCCCCCCCC(=O)OCC(COC(=O)CCCCCCCCCC)OC(=O)CCCCCCCCCCCCCCCCCCCCCCC. The number of ether oxygens (including phenoxy) is 3. The lowest BCUT2D eigenvalue weighted by Gasteiger charge is -2.18. The fourth-order valence-electron chi connectivity index (χ4n) is 9.31. The maximum Gasteiger partial charge on any atom is 0.306 e. The molecule has 0 aromatic carbocycles. The third-order valence-corrected chi connectivity index (χ3v) is 14.2. The summed E-state index contributed by atoms with van der Waals surface area (Å²) in [5.74, 6) is -0.877. The van der Waals surface area contributed by atoms with Crippen molar-refractivity contribution in [3.63, 3.8) is 0 Å². The third kappa shape index (κ3) is 61.4. The number of rotatable bonds is 59. The van der Waals surface area contributed by atoms with Crippen molar-refractivity contribution in [1.82, 2.24) is 0 Å². The molecule has 0 fully saturated rings. The minimum absolute atomic E-state index is 0.0759. The second-order valence-corrected chi connectivity index (χ2v) is 21.7. The number of hydrogen-bond donors (Lipinski definition) is 0. The maximum atomic E-state index is 12.9. The highest BCUT2D eigenvalue weighted by Gasteiger charge is 2.19. The second kappa shape index (κ2) is 64.1. The summed E-state index contributed by atoms with van der Waals surface area (Å²) in [6.07, 6.45) is 84.7. The topological polar surface area (TPSA) is 78.9 Å². The zero-order chi connectivity index (χ0) is 55.0. The smallest absolute Gasteiger partial charge is 0.306 e. The highest BCUT2D eigenvalue weighted by atomic mass is 16.6. The summed E-state index contributed by atoms with van der Waals surface area (Å²) < 4.78 is 16.9. The number of carbonyl (C=O) groups is 3. The van der Waals surface area contributed by atoms with E-state index < -0.39 is 6.10 Å². The van der Waals surface area contributed by atoms with Crippen LogP contribution in [0.4, 0.5) is 0 Å². The Labute approximate surface area is 471 Å². The van der Waals surface area contributed by atoms with Crippen molar-refractivity contribution in [2.45, 2.75) is 329 Å². The van der Waals surface area contributed by atoms with Crippen LogP contribution in [0, 0.1) is 0 Å². The Kier molecular flexibility index (Phi) is 61.2. The van der Waals surface area contributed by atoms with Crippen LogP contribution in [0.1, 0.15) is 323 Å². The van der Waals surface area contributed by atoms with Crippen LogP contribution in [0.5, 0.6) is 0 Å². The first-order chi connectivity index (χ1) is 37.5. The standard InChI is InChI=1S/C70H122O6/c1-4-7-10-13-16-19-21-23-25-27-29-31-32-33-34-35-36-37-38-40-41-43-45-47-49-51-54-57-60-63-69(72)75-66-67(65-74-68(71)62-59-56-53-18-15-12-9-6-3)76-70(73)64-61-58-55-52-50-48-46-44-42-39-30-28-26-24-22-20-17-14-11-8-5-2/h7,10,16,19,23,25,29,31,33-34,36-37,40-41,67H,4-6,8-9,11-15,17-18,20-22,24,26-28,30,32,35,38-39,42-66H2,1-3H3/b10-7-,19-16-,25-23-,31-29-,34-33-,37-36-,41-40-. The Bertz CT molecular complexity index is 1450. The molecular formula is C70H122O6. The normalized spacial score (nSPS) is 12.6. The van der Waals surface area contributed by atoms with Gasteiger partial charge in [0.15, 0.2) is 6.10 Å². The van der Waals surface area contributed by atoms with Crippen molar-refractivity contribution in [2.24, 2.45) is 0 Å². The van der Waals surface area contributed by atoms with Crippen molar-refractivity contribution in [3.05, 3.63) is 85.1 Å². The van der Waals surface area contributed by atoms with Crippen molar-refractivity contribution in [2.75, 3.05) is 13.2 Å². The van der Waals surface area contributed by atoms with E-state index in [0.717, 1.165) is 109 Å². The van der Waals surface area contributed by atoms with Gasteiger partial charge < -0.3 is 14.2 Å². The first-order valence-electron chi connectivity index (χ1n) is 32.6. The van der Waals surface area contributed by atoms with Gasteiger partial charge in [-0.15, -0.1) is 0 Å². The highest BCUT2D eigenvalue weighted by Crippen LogP contribution is 2.17. The van der Waals surface area contributed by atoms with Crippen LogP contribution < -0.4 is 0 Å². The maximum absolute atomic E-state index is 12.9. The van der Waals surface area contributed by atoms with Gasteiger partial charge in [-0.1, -0.05) is 311 Å². The van der Waals surface area contributed by atoms with Gasteiger partial charge in [0.2, 0.25) is 0 Å². The summed E-state index contributed by atoms with van der Waals surface area (Å²) in [4.78, 5) is 38.2. The van der Waals surface area contributed by atoms with Gasteiger partial charge in [-0.05, 0) is 77.0 Å². The minimum atomic E-state index is -0.777. The van der Waals surface area contributed by atoms with Crippen molar-refractivity contribution in [3.8, 4) is 0 Å². The molecule has 0 amide bonds. The molecule has 0 heterocycles. The third-order valence-electron chi connectivity index (χ3n) is 14.2. The largest absolute Gasteiger partial charge is 0.462 e. The molecule has 0 aromatic heterocycles. The van der Waals surface area contributed by atoms with Gasteiger partial charge in [0, 0.05) is 19.3 Å². The number of allylic oxidation sites excluding steroid dienone is 14. The zero-order valence-corrected chi connectivity index (χ0v) is 50.3. The Morgan fingerprint density at radius 3 is 0.803 bits per heavy atom. The molecule has 1 unspecified atom stereocenters. The molecule has 0 aliphatic heterocycles. The van der Waals surface area contributed by atoms with Gasteiger partial charge >= 0.3 is 17.9 Å². The molecule has 0 rings (SSSR count). The Balaban J connectivity index is 4.18. The molecule has 0 aliphatic rings. The van der Waals surface area contributed by atoms with E-state index in [1.807, 2.05) is 0 Å². The van der Waals surface area contributed by atoms with E-state index in [0.29, 0.717) is 19.3 Å². The zero-order valence-electron chi connectivity index (χ0n) is 50.3. The van der Waals surface area contributed by atoms with Gasteiger partial charge in [0.05, 0.1) is 0 Å². The molecule has 0 radical (unpaired) electrons. The van der Waals surface area contributed by atoms with Gasteiger partial charge in [-0.3, -0.25) is 14.4 Å². The molecule has 0 N–H and O–H groups in total. The predicted octanol–water partition coefficient (Wildman–Crippen LogP) is 22.3. The van der Waals surface area contributed by atoms with E-state index in [1.165, 1.54) is 173 Å². The van der Waals surface area contributed by atoms with Crippen molar-refractivity contribution < 1.29 is 28.6 Å². The van der Waals surface area contributed by atoms with Crippen LogP contribution in [0.15, 0.2) is 85.1 Å². The summed E-state index contributed by atoms with van der Waals surface area (Å²) in [6.45, 7) is 6.53. The fourth-order valence-corrected chi connectivity index (χ4v) is 9.31. The minimum Gasteiger partial charge on any atom is -0.462 e. The molecule has 6 heteroatoms. The van der Waals surface area contributed by atoms with Crippen LogP contribution >= 0.6 is 0 Å². The number of hydrogen-bond acceptors (Lipinski definition) is 6. The molecule has 438 valence electrons. The van der Waals surface area contributed by atoms with Crippen LogP contribution in [-0.2, 0) is 28.6 Å². The van der Waals surface area contributed by atoms with Crippen LogP contribution in [-0.4, -0.2) is 37.2 Å². The molecule has 6 nitrogen and oxygen atoms in total. The predicted molar refractivity (Wildman–Crippen MR) is 330 cm³/mol. The first-order valence-corrected chi connectivity index (χ1v) is 32.6. The van der Waals surface area contributed by atoms with E-state index in [4.69, 9.17) is 14.2 Å². The molecule has 0 saturated heterocycles. The van der Waals surface area contributed by atoms with Gasteiger partial charge in [0.25, 0.3) is 0 Å². The molecule has 0 spiro atoms. The van der Waals surface area contributed by atoms with Crippen LogP contribution in [0.25, 0.3) is 0 Å². The number of esters is 3. The second-order valence-electron chi connectivity index (χ2n) is 21.7. The number of unbranched alkanes of at least 4 members (excludes halogenated alkanes) is 34. The Morgan fingerprint density at radius 1 is 0.276 bits per heavy atom. The van der Waals surface area contributed by atoms with Gasteiger partial charge in [-0.2, -0.15) is 0 Å². The summed E-state index contributed by atoms with van der Waals surface area (Å²) in [5, 5.41) is 0. The van der Waals surface area contributed by atoms with Gasteiger partial charge in [0.1, 0.15) is 13.2 Å². The van der Waals surface area contributed by atoms with E-state index >= 15 is 0 Å². The van der Waals surface area contributed by atoms with Crippen molar-refractivity contribution in [1.29, 1.82) is 0 Å². The van der Waals surface area contributed by atoms with Gasteiger partial charge in [-0.25, -0.2) is 0 Å². The van der Waals surface area contributed by atoms with E-state index in [1.54, 1.807) is 0 Å². The van der Waals surface area contributed by atoms with Crippen LogP contribution in [0.2, 0.25) is 0 Å². The summed E-state index contributed by atoms with van der Waals surface area (Å²) >= 11 is 0. The van der Waals surface area contributed by atoms with E-state index in [-0.39, 0.29) is 31.1 Å². The average Bonchev–Trinajstić information content (AvgIpc) is 3.42. The lowest BCUT2D eigenvalue weighted by atomic mass is 10.0. The molecule has 0 aliphatic carbocycles. The average molecular weight is 1060 g/mol. The fraction of sp³-hybridized carbons (Fsp3) is 0.757. The Hall–Kier alpha value is -3.41. The molecule has 1 atom stereocenters. The quantitative estimate of drug-likeness (QED) is 0.0261. The highest BCUT2D eigenvalue weighted by molar-refractivity contribution is 5.71. The summed E-state index contributed by atoms with van der Waals surface area (Å²) in [6, 6.07) is 0. The molecule has 0 aromatic rings. The van der Waals surface area contributed by atoms with Crippen molar-refractivity contribution >= 4 is 17.9 Å². The molecule has 0 saturated carbocycles. The summed E-state index contributed by atoms with van der Waals surface area (Å²) in [7, 11) is 0.